The highest BCUT2D eigenvalue weighted by Crippen LogP contribution is 2.27. The highest BCUT2D eigenvalue weighted by Gasteiger charge is 2.18. The number of carbonyl (C=O) groups excluding carboxylic acids is 2. The number of amides is 1. The summed E-state index contributed by atoms with van der Waals surface area (Å²) in [5.41, 5.74) is 3.09. The third-order valence-corrected chi connectivity index (χ3v) is 6.38. The summed E-state index contributed by atoms with van der Waals surface area (Å²) in [5.74, 6) is -1.01. The molecule has 8 heteroatoms. The largest absolute Gasteiger partial charge is 0.320 e. The maximum atomic E-state index is 13.5. The topological polar surface area (TPSA) is 93.1 Å². The van der Waals surface area contributed by atoms with Crippen molar-refractivity contribution >= 4 is 23.0 Å². The number of hydrogen-bond donors (Lipinski definition) is 2. The summed E-state index contributed by atoms with van der Waals surface area (Å²) in [7, 11) is 1.68. The normalized spacial score (nSPS) is 14.1. The van der Waals surface area contributed by atoms with E-state index in [-0.39, 0.29) is 29.5 Å². The molecule has 0 bridgehead atoms. The third kappa shape index (κ3) is 5.66. The Hall–Kier alpha value is -3.91. The maximum absolute atomic E-state index is 13.5. The molecule has 1 amide bonds. The van der Waals surface area contributed by atoms with E-state index in [0.29, 0.717) is 16.7 Å². The average Bonchev–Trinajstić information content (AvgIpc) is 2.91. The molecule has 4 rings (SSSR count). The van der Waals surface area contributed by atoms with Crippen molar-refractivity contribution in [2.75, 3.05) is 12.4 Å². The molecule has 2 N–H and O–H groups in total. The van der Waals surface area contributed by atoms with Gasteiger partial charge in [0.1, 0.15) is 11.5 Å². The highest BCUT2D eigenvalue weighted by atomic mass is 19.1. The Bertz CT molecular complexity index is 1360. The first-order valence-electron chi connectivity index (χ1n) is 12.0. The number of likely N-dealkylation sites (N-methyl/N-ethyl adjacent to an activating group) is 1. The fourth-order valence-electron chi connectivity index (χ4n) is 4.20. The van der Waals surface area contributed by atoms with Crippen molar-refractivity contribution in [3.05, 3.63) is 99.5 Å². The van der Waals surface area contributed by atoms with Gasteiger partial charge in [0, 0.05) is 29.2 Å². The lowest BCUT2D eigenvalue weighted by atomic mass is 9.96. The summed E-state index contributed by atoms with van der Waals surface area (Å²) < 4.78 is 14.9. The van der Waals surface area contributed by atoms with E-state index >= 15 is 0 Å². The molecule has 0 radical (unpaired) electrons. The molecule has 2 aromatic heterocycles. The molecule has 3 aromatic rings. The fourth-order valence-corrected chi connectivity index (χ4v) is 4.20. The van der Waals surface area contributed by atoms with Crippen LogP contribution in [-0.4, -0.2) is 34.3 Å². The van der Waals surface area contributed by atoms with Crippen molar-refractivity contribution in [2.45, 2.75) is 45.2 Å². The Morgan fingerprint density at radius 2 is 1.86 bits per heavy atom. The Labute approximate surface area is 209 Å². The molecule has 1 atom stereocenters. The molecule has 0 saturated carbocycles. The number of anilines is 1. The van der Waals surface area contributed by atoms with Crippen molar-refractivity contribution in [1.82, 2.24) is 14.9 Å². The summed E-state index contributed by atoms with van der Waals surface area (Å²) in [6, 6.07) is 10.1. The number of halogens is 1. The van der Waals surface area contributed by atoms with E-state index in [1.54, 1.807) is 36.9 Å². The SMILES string of the molecule is CN[C@H](C)C(=O)Nc1ccc(C2=CCCCC2)n(Cc2cncc(C(=O)c3ccc(F)cc3)c2)c1=O. The van der Waals surface area contributed by atoms with Crippen LogP contribution in [0.4, 0.5) is 10.1 Å². The van der Waals surface area contributed by atoms with Crippen LogP contribution in [-0.2, 0) is 11.3 Å². The van der Waals surface area contributed by atoms with Crippen LogP contribution >= 0.6 is 0 Å². The van der Waals surface area contributed by atoms with Crippen molar-refractivity contribution in [3.8, 4) is 0 Å². The van der Waals surface area contributed by atoms with E-state index in [2.05, 4.69) is 21.7 Å². The number of rotatable bonds is 8. The van der Waals surface area contributed by atoms with Crippen LogP contribution in [0.2, 0.25) is 0 Å². The lowest BCUT2D eigenvalue weighted by Crippen LogP contribution is -2.38. The smallest absolute Gasteiger partial charge is 0.275 e. The number of allylic oxidation sites excluding steroid dienone is 2. The van der Waals surface area contributed by atoms with Gasteiger partial charge in [-0.25, -0.2) is 4.39 Å². The number of pyridine rings is 2. The van der Waals surface area contributed by atoms with Gasteiger partial charge in [-0.15, -0.1) is 0 Å². The van der Waals surface area contributed by atoms with E-state index in [0.717, 1.165) is 37.0 Å². The molecule has 0 aliphatic heterocycles. The zero-order valence-corrected chi connectivity index (χ0v) is 20.4. The van der Waals surface area contributed by atoms with Crippen LogP contribution in [0.1, 0.15) is 59.8 Å². The Morgan fingerprint density at radius 3 is 2.56 bits per heavy atom. The number of benzene rings is 1. The molecule has 7 nitrogen and oxygen atoms in total. The second-order valence-electron chi connectivity index (χ2n) is 8.92. The summed E-state index contributed by atoms with van der Waals surface area (Å²) in [6.45, 7) is 1.89. The second-order valence-corrected chi connectivity index (χ2v) is 8.92. The minimum Gasteiger partial charge on any atom is -0.320 e. The van der Waals surface area contributed by atoms with Gasteiger partial charge < -0.3 is 15.2 Å². The van der Waals surface area contributed by atoms with E-state index in [1.807, 2.05) is 6.07 Å². The first-order chi connectivity index (χ1) is 17.4. The van der Waals surface area contributed by atoms with Crippen LogP contribution < -0.4 is 16.2 Å². The molecule has 2 heterocycles. The van der Waals surface area contributed by atoms with Crippen molar-refractivity contribution in [3.63, 3.8) is 0 Å². The fraction of sp³-hybridized carbons (Fsp3) is 0.286. The van der Waals surface area contributed by atoms with Gasteiger partial charge >= 0.3 is 0 Å². The Kier molecular flexibility index (Phi) is 7.85. The van der Waals surface area contributed by atoms with E-state index < -0.39 is 11.9 Å². The highest BCUT2D eigenvalue weighted by molar-refractivity contribution is 6.08. The van der Waals surface area contributed by atoms with Crippen LogP contribution in [0.25, 0.3) is 5.57 Å². The number of nitrogens with one attached hydrogen (secondary N) is 2. The van der Waals surface area contributed by atoms with Crippen LogP contribution in [0.5, 0.6) is 0 Å². The molecule has 36 heavy (non-hydrogen) atoms. The van der Waals surface area contributed by atoms with Gasteiger partial charge in [-0.1, -0.05) is 6.08 Å². The number of hydrogen-bond acceptors (Lipinski definition) is 5. The van der Waals surface area contributed by atoms with Crippen LogP contribution in [0, 0.1) is 5.82 Å². The molecular weight excluding hydrogens is 459 g/mol. The first-order valence-corrected chi connectivity index (χ1v) is 12.0. The lowest BCUT2D eigenvalue weighted by Gasteiger charge is -2.20. The van der Waals surface area contributed by atoms with Crippen LogP contribution in [0.15, 0.2) is 65.7 Å². The number of aromatic nitrogens is 2. The van der Waals surface area contributed by atoms with Crippen molar-refractivity contribution < 1.29 is 14.0 Å². The minimum atomic E-state index is -0.461. The first kappa shape index (κ1) is 25.2. The van der Waals surface area contributed by atoms with E-state index in [9.17, 15) is 18.8 Å². The van der Waals surface area contributed by atoms with Gasteiger partial charge in [-0.3, -0.25) is 19.4 Å². The monoisotopic (exact) mass is 488 g/mol. The number of carbonyl (C=O) groups is 2. The van der Waals surface area contributed by atoms with Gasteiger partial charge in [0.25, 0.3) is 5.56 Å². The standard InChI is InChI=1S/C28H29FN4O3/c1-18(30-2)27(35)32-24-12-13-25(20-6-4-3-5-7-20)33(28(24)36)17-19-14-22(16-31-15-19)26(34)21-8-10-23(29)11-9-21/h6,8-16,18,30H,3-5,7,17H2,1-2H3,(H,32,35)/t18-/m1/s1. The summed E-state index contributed by atoms with van der Waals surface area (Å²) in [4.78, 5) is 43.1. The Morgan fingerprint density at radius 1 is 1.08 bits per heavy atom. The van der Waals surface area contributed by atoms with Crippen molar-refractivity contribution in [2.24, 2.45) is 0 Å². The zero-order valence-electron chi connectivity index (χ0n) is 20.4. The van der Waals surface area contributed by atoms with E-state index in [4.69, 9.17) is 0 Å². The number of ketones is 1. The van der Waals surface area contributed by atoms with Gasteiger partial charge in [0.2, 0.25) is 5.91 Å². The Balaban J connectivity index is 1.70. The van der Waals surface area contributed by atoms with Gasteiger partial charge in [-0.2, -0.15) is 0 Å². The third-order valence-electron chi connectivity index (χ3n) is 6.38. The summed E-state index contributed by atoms with van der Waals surface area (Å²) in [6.07, 6.45) is 9.19. The molecule has 0 spiro atoms. The molecular formula is C28H29FN4O3. The van der Waals surface area contributed by atoms with Gasteiger partial charge in [0.05, 0.1) is 12.6 Å². The van der Waals surface area contributed by atoms with Gasteiger partial charge in [-0.05, 0) is 93.3 Å². The summed E-state index contributed by atoms with van der Waals surface area (Å²) >= 11 is 0. The van der Waals surface area contributed by atoms with E-state index in [1.165, 1.54) is 30.5 Å². The van der Waals surface area contributed by atoms with Crippen LogP contribution in [0.3, 0.4) is 0 Å². The molecule has 0 saturated heterocycles. The van der Waals surface area contributed by atoms with Gasteiger partial charge in [0.15, 0.2) is 5.78 Å². The zero-order chi connectivity index (χ0) is 25.7. The molecule has 0 unspecified atom stereocenters. The quantitative estimate of drug-likeness (QED) is 0.465. The molecule has 186 valence electrons. The predicted octanol–water partition coefficient (Wildman–Crippen LogP) is 4.17. The summed E-state index contributed by atoms with van der Waals surface area (Å²) in [5, 5.41) is 5.58. The lowest BCUT2D eigenvalue weighted by molar-refractivity contribution is -0.117. The molecule has 1 aliphatic rings. The minimum absolute atomic E-state index is 0.175. The molecule has 1 aliphatic carbocycles. The molecule has 0 fully saturated rings. The second kappa shape index (κ2) is 11.2. The predicted molar refractivity (Wildman–Crippen MR) is 137 cm³/mol. The van der Waals surface area contributed by atoms with Crippen molar-refractivity contribution in [1.29, 1.82) is 0 Å². The maximum Gasteiger partial charge on any atom is 0.275 e. The molecule has 1 aromatic carbocycles. The number of nitrogens with zero attached hydrogens (tertiary/aromatic N) is 2. The average molecular weight is 489 g/mol.